The molecule has 3 aromatic carbocycles. The van der Waals surface area contributed by atoms with E-state index in [0.717, 1.165) is 11.1 Å². The van der Waals surface area contributed by atoms with E-state index in [0.29, 0.717) is 38.4 Å². The van der Waals surface area contributed by atoms with Crippen molar-refractivity contribution in [2.24, 2.45) is 21.0 Å². The maximum Gasteiger partial charge on any atom is 0.261 e. The summed E-state index contributed by atoms with van der Waals surface area (Å²) in [6, 6.07) is 20.3. The summed E-state index contributed by atoms with van der Waals surface area (Å²) >= 11 is 12.9. The van der Waals surface area contributed by atoms with E-state index >= 15 is 0 Å². The quantitative estimate of drug-likeness (QED) is 0.386. The minimum atomic E-state index is -1.25. The molecule has 37 heavy (non-hydrogen) atoms. The number of carbonyl (C=O) groups is 2. The van der Waals surface area contributed by atoms with E-state index in [1.165, 1.54) is 10.0 Å². The first-order valence-electron chi connectivity index (χ1n) is 12.0. The van der Waals surface area contributed by atoms with Crippen molar-refractivity contribution < 1.29 is 9.59 Å². The van der Waals surface area contributed by atoms with Gasteiger partial charge in [0.15, 0.2) is 0 Å². The van der Waals surface area contributed by atoms with Gasteiger partial charge in [0.1, 0.15) is 10.8 Å². The molecule has 1 aliphatic carbocycles. The van der Waals surface area contributed by atoms with Crippen molar-refractivity contribution >= 4 is 57.8 Å². The summed E-state index contributed by atoms with van der Waals surface area (Å²) in [4.78, 5) is 28.8. The minimum absolute atomic E-state index is 0.265. The molecule has 2 heterocycles. The minimum Gasteiger partial charge on any atom is -0.271 e. The third-order valence-corrected chi connectivity index (χ3v) is 8.50. The molecule has 6 nitrogen and oxygen atoms in total. The van der Waals surface area contributed by atoms with Crippen molar-refractivity contribution in [2.75, 3.05) is 10.0 Å². The average Bonchev–Trinajstić information content (AvgIpc) is 3.33. The molecule has 0 saturated heterocycles. The second-order valence-electron chi connectivity index (χ2n) is 9.99. The number of hydrogen-bond donors (Lipinski definition) is 0. The number of nitrogens with zero attached hydrogens (tertiary/aromatic N) is 4. The summed E-state index contributed by atoms with van der Waals surface area (Å²) in [5, 5.41) is 13.1. The van der Waals surface area contributed by atoms with Crippen LogP contribution in [0.5, 0.6) is 0 Å². The van der Waals surface area contributed by atoms with Crippen LogP contribution in [0.15, 0.2) is 76.9 Å². The van der Waals surface area contributed by atoms with Crippen LogP contribution >= 0.6 is 23.2 Å². The summed E-state index contributed by atoms with van der Waals surface area (Å²) in [6.45, 7) is 7.59. The zero-order chi connectivity index (χ0) is 26.3. The van der Waals surface area contributed by atoms with Gasteiger partial charge in [-0.15, -0.1) is 0 Å². The molecular weight excluding hydrogens is 507 g/mol. The van der Waals surface area contributed by atoms with Gasteiger partial charge in [-0.1, -0.05) is 64.7 Å². The Hall–Kier alpha value is -3.48. The lowest BCUT2D eigenvalue weighted by molar-refractivity contribution is -0.126. The van der Waals surface area contributed by atoms with E-state index in [9.17, 15) is 9.59 Å². The predicted molar refractivity (Wildman–Crippen MR) is 148 cm³/mol. The zero-order valence-corrected chi connectivity index (χ0v) is 22.3. The largest absolute Gasteiger partial charge is 0.271 e. The highest BCUT2D eigenvalue weighted by atomic mass is 35.5. The molecule has 1 saturated carbocycles. The number of fused-ring (bicyclic) bond motifs is 1. The van der Waals surface area contributed by atoms with Crippen LogP contribution in [0.2, 0.25) is 10.0 Å². The predicted octanol–water partition coefficient (Wildman–Crippen LogP) is 6.53. The number of anilines is 2. The van der Waals surface area contributed by atoms with Gasteiger partial charge in [-0.3, -0.25) is 9.59 Å². The van der Waals surface area contributed by atoms with Gasteiger partial charge in [0, 0.05) is 16.0 Å². The van der Waals surface area contributed by atoms with Crippen LogP contribution in [-0.2, 0) is 9.59 Å². The summed E-state index contributed by atoms with van der Waals surface area (Å²) in [6.07, 6.45) is 0. The molecule has 2 amide bonds. The fraction of sp³-hybridized carbons (Fsp3) is 0.241. The van der Waals surface area contributed by atoms with E-state index in [1.807, 2.05) is 76.2 Å². The second-order valence-corrected chi connectivity index (χ2v) is 10.8. The number of hydrazone groups is 2. The van der Waals surface area contributed by atoms with Crippen molar-refractivity contribution in [3.63, 3.8) is 0 Å². The van der Waals surface area contributed by atoms with Crippen LogP contribution in [0, 0.1) is 24.7 Å². The molecular formula is C29H24Cl2N4O2. The van der Waals surface area contributed by atoms with Crippen molar-refractivity contribution in [1.82, 2.24) is 0 Å². The molecule has 1 fully saturated rings. The molecule has 0 unspecified atom stereocenters. The van der Waals surface area contributed by atoms with Crippen LogP contribution in [0.4, 0.5) is 11.4 Å². The highest BCUT2D eigenvalue weighted by molar-refractivity contribution is 6.39. The number of hydrogen-bond acceptors (Lipinski definition) is 4. The van der Waals surface area contributed by atoms with E-state index in [-0.39, 0.29) is 11.8 Å². The maximum atomic E-state index is 14.4. The van der Waals surface area contributed by atoms with Crippen LogP contribution in [0.25, 0.3) is 0 Å². The van der Waals surface area contributed by atoms with Crippen LogP contribution in [0.3, 0.4) is 0 Å². The molecule has 2 spiro atoms. The number of benzene rings is 3. The normalized spacial score (nSPS) is 26.4. The van der Waals surface area contributed by atoms with Gasteiger partial charge < -0.3 is 0 Å². The Balaban J connectivity index is 1.53. The van der Waals surface area contributed by atoms with E-state index < -0.39 is 16.7 Å². The Labute approximate surface area is 225 Å². The monoisotopic (exact) mass is 530 g/mol. The fourth-order valence-electron chi connectivity index (χ4n) is 6.16. The highest BCUT2D eigenvalue weighted by Crippen LogP contribution is 2.79. The van der Waals surface area contributed by atoms with Gasteiger partial charge >= 0.3 is 0 Å². The molecule has 0 radical (unpaired) electrons. The Morgan fingerprint density at radius 3 is 1.51 bits per heavy atom. The van der Waals surface area contributed by atoms with Crippen molar-refractivity contribution in [3.05, 3.63) is 93.5 Å². The Bertz CT molecular complexity index is 1460. The van der Waals surface area contributed by atoms with E-state index in [2.05, 4.69) is 0 Å². The Morgan fingerprint density at radius 1 is 0.676 bits per heavy atom. The molecule has 3 aliphatic rings. The molecule has 0 bridgehead atoms. The molecule has 3 aromatic rings. The molecule has 186 valence electrons. The van der Waals surface area contributed by atoms with Gasteiger partial charge in [0.25, 0.3) is 11.8 Å². The lowest BCUT2D eigenvalue weighted by atomic mass is 9.85. The van der Waals surface area contributed by atoms with E-state index in [4.69, 9.17) is 33.4 Å². The van der Waals surface area contributed by atoms with Gasteiger partial charge in [-0.05, 0) is 69.7 Å². The molecule has 6 rings (SSSR count). The Kier molecular flexibility index (Phi) is 5.17. The SMILES string of the molecule is CC1=NN(c2ccc(C)cc2)C(=O)[C@]12C(c1ccc(Cl)cc1Cl)[C@]21C(=O)N(c2ccc(C)cc2)N=C1C. The van der Waals surface area contributed by atoms with Crippen molar-refractivity contribution in [1.29, 1.82) is 0 Å². The van der Waals surface area contributed by atoms with Gasteiger partial charge in [-0.25, -0.2) is 0 Å². The fourth-order valence-corrected chi connectivity index (χ4v) is 6.68. The number of carbonyl (C=O) groups excluding carboxylic acids is 2. The van der Waals surface area contributed by atoms with Crippen LogP contribution in [-0.4, -0.2) is 23.2 Å². The number of halogens is 2. The summed E-state index contributed by atoms with van der Waals surface area (Å²) in [7, 11) is 0. The van der Waals surface area contributed by atoms with Crippen molar-refractivity contribution in [2.45, 2.75) is 33.6 Å². The molecule has 8 heteroatoms. The summed E-state index contributed by atoms with van der Waals surface area (Å²) < 4.78 is 0. The molecule has 0 N–H and O–H groups in total. The molecule has 0 aromatic heterocycles. The number of aryl methyl sites for hydroxylation is 2. The highest BCUT2D eigenvalue weighted by Gasteiger charge is 2.91. The summed E-state index contributed by atoms with van der Waals surface area (Å²) in [5.41, 5.74) is 2.72. The van der Waals surface area contributed by atoms with Crippen molar-refractivity contribution in [3.8, 4) is 0 Å². The van der Waals surface area contributed by atoms with E-state index in [1.54, 1.807) is 18.2 Å². The molecule has 2 aliphatic heterocycles. The lowest BCUT2D eigenvalue weighted by Crippen LogP contribution is -2.40. The molecule has 2 atom stereocenters. The second kappa shape index (κ2) is 8.01. The van der Waals surface area contributed by atoms with Crippen LogP contribution in [0.1, 0.15) is 36.5 Å². The Morgan fingerprint density at radius 2 is 1.11 bits per heavy atom. The topological polar surface area (TPSA) is 65.3 Å². The smallest absolute Gasteiger partial charge is 0.261 e. The maximum absolute atomic E-state index is 14.4. The van der Waals surface area contributed by atoms with Crippen LogP contribution < -0.4 is 10.0 Å². The first-order chi connectivity index (χ1) is 17.6. The average molecular weight is 531 g/mol. The van der Waals surface area contributed by atoms with Gasteiger partial charge in [0.05, 0.1) is 22.8 Å². The lowest BCUT2D eigenvalue weighted by Gasteiger charge is -2.19. The van der Waals surface area contributed by atoms with Gasteiger partial charge in [-0.2, -0.15) is 20.2 Å². The first-order valence-corrected chi connectivity index (χ1v) is 12.8. The zero-order valence-electron chi connectivity index (χ0n) is 20.8. The third kappa shape index (κ3) is 3.00. The summed E-state index contributed by atoms with van der Waals surface area (Å²) in [5.74, 6) is -1.11. The third-order valence-electron chi connectivity index (χ3n) is 7.94. The standard InChI is InChI=1S/C29H24Cl2N4O2/c1-16-5-10-21(11-6-16)34-26(36)28(18(3)32-34)25(23-14-9-20(30)15-24(23)31)29(28)19(4)33-35(27(29)37)22-12-7-17(2)8-13-22/h5-15,25H,1-4H3/t28-,29-/m1/s1. The first kappa shape index (κ1) is 23.9. The number of rotatable bonds is 3. The van der Waals surface area contributed by atoms with Gasteiger partial charge in [0.2, 0.25) is 0 Å². The number of amides is 2.